The van der Waals surface area contributed by atoms with Crippen molar-refractivity contribution in [2.45, 2.75) is 65.5 Å². The zero-order chi connectivity index (χ0) is 18.6. The SMILES string of the molecule is Cc1nc(CC(=O)N2CCCC(C)C2CNC(=O)OC(C)(C)C)cs1. The number of aryl methyl sites for hydroxylation is 1. The van der Waals surface area contributed by atoms with Crippen LogP contribution in [0.2, 0.25) is 0 Å². The van der Waals surface area contributed by atoms with E-state index in [0.29, 0.717) is 18.9 Å². The van der Waals surface area contributed by atoms with Crippen LogP contribution >= 0.6 is 11.3 Å². The highest BCUT2D eigenvalue weighted by Crippen LogP contribution is 2.24. The number of ether oxygens (including phenoxy) is 1. The maximum atomic E-state index is 12.8. The predicted molar refractivity (Wildman–Crippen MR) is 98.7 cm³/mol. The Balaban J connectivity index is 1.97. The van der Waals surface area contributed by atoms with E-state index in [9.17, 15) is 9.59 Å². The average Bonchev–Trinajstić information content (AvgIpc) is 2.89. The molecule has 140 valence electrons. The van der Waals surface area contributed by atoms with E-state index in [0.717, 1.165) is 30.1 Å². The van der Waals surface area contributed by atoms with Crippen molar-refractivity contribution in [3.8, 4) is 0 Å². The lowest BCUT2D eigenvalue weighted by molar-refractivity contribution is -0.135. The van der Waals surface area contributed by atoms with E-state index in [1.807, 2.05) is 38.0 Å². The second-order valence-corrected chi connectivity index (χ2v) is 8.75. The third-order valence-corrected chi connectivity index (χ3v) is 5.11. The molecule has 1 aromatic heterocycles. The van der Waals surface area contributed by atoms with Gasteiger partial charge in [-0.05, 0) is 46.5 Å². The molecule has 2 atom stereocenters. The summed E-state index contributed by atoms with van der Waals surface area (Å²) in [6.45, 7) is 10.7. The topological polar surface area (TPSA) is 71.5 Å². The first-order chi connectivity index (χ1) is 11.7. The van der Waals surface area contributed by atoms with Gasteiger partial charge in [0.05, 0.1) is 23.2 Å². The van der Waals surface area contributed by atoms with Crippen LogP contribution in [0.25, 0.3) is 0 Å². The fourth-order valence-corrected chi connectivity index (χ4v) is 3.73. The smallest absolute Gasteiger partial charge is 0.407 e. The summed E-state index contributed by atoms with van der Waals surface area (Å²) in [6.07, 6.45) is 1.93. The van der Waals surface area contributed by atoms with Gasteiger partial charge in [0.1, 0.15) is 5.60 Å². The highest BCUT2D eigenvalue weighted by Gasteiger charge is 2.32. The molecular formula is C18H29N3O3S. The Bertz CT molecular complexity index is 609. The van der Waals surface area contributed by atoms with Crippen molar-refractivity contribution in [2.75, 3.05) is 13.1 Å². The van der Waals surface area contributed by atoms with Crippen LogP contribution in [0.3, 0.4) is 0 Å². The monoisotopic (exact) mass is 367 g/mol. The third-order valence-electron chi connectivity index (χ3n) is 4.29. The van der Waals surface area contributed by atoms with Crippen LogP contribution in [-0.2, 0) is 16.0 Å². The van der Waals surface area contributed by atoms with E-state index in [1.54, 1.807) is 11.3 Å². The van der Waals surface area contributed by atoms with Gasteiger partial charge in [0.25, 0.3) is 0 Å². The van der Waals surface area contributed by atoms with Crippen molar-refractivity contribution in [2.24, 2.45) is 5.92 Å². The number of nitrogens with zero attached hydrogens (tertiary/aromatic N) is 2. The first-order valence-corrected chi connectivity index (χ1v) is 9.71. The molecule has 7 heteroatoms. The average molecular weight is 368 g/mol. The Kier molecular flexibility index (Phi) is 6.43. The summed E-state index contributed by atoms with van der Waals surface area (Å²) >= 11 is 1.56. The second-order valence-electron chi connectivity index (χ2n) is 7.69. The minimum absolute atomic E-state index is 0.00602. The number of aromatic nitrogens is 1. The highest BCUT2D eigenvalue weighted by molar-refractivity contribution is 7.09. The largest absolute Gasteiger partial charge is 0.444 e. The fourth-order valence-electron chi connectivity index (χ4n) is 3.12. The number of alkyl carbamates (subject to hydrolysis) is 1. The van der Waals surface area contributed by atoms with Crippen LogP contribution in [0.15, 0.2) is 5.38 Å². The van der Waals surface area contributed by atoms with Crippen molar-refractivity contribution in [3.63, 3.8) is 0 Å². The third kappa shape index (κ3) is 5.99. The summed E-state index contributed by atoms with van der Waals surface area (Å²) < 4.78 is 5.30. The van der Waals surface area contributed by atoms with E-state index in [-0.39, 0.29) is 11.9 Å². The molecule has 0 spiro atoms. The van der Waals surface area contributed by atoms with Crippen LogP contribution < -0.4 is 5.32 Å². The van der Waals surface area contributed by atoms with Crippen molar-refractivity contribution < 1.29 is 14.3 Å². The van der Waals surface area contributed by atoms with Crippen molar-refractivity contribution in [3.05, 3.63) is 16.1 Å². The van der Waals surface area contributed by atoms with E-state index >= 15 is 0 Å². The number of thiazole rings is 1. The number of carbonyl (C=O) groups excluding carboxylic acids is 2. The van der Waals surface area contributed by atoms with Crippen molar-refractivity contribution in [1.82, 2.24) is 15.2 Å². The first kappa shape index (κ1) is 19.7. The molecule has 1 aliphatic heterocycles. The maximum absolute atomic E-state index is 12.8. The number of rotatable bonds is 4. The summed E-state index contributed by atoms with van der Waals surface area (Å²) in [6, 6.07) is -0.00602. The molecule has 1 aliphatic rings. The van der Waals surface area contributed by atoms with Gasteiger partial charge in [-0.1, -0.05) is 6.92 Å². The van der Waals surface area contributed by atoms with Gasteiger partial charge < -0.3 is 15.0 Å². The van der Waals surface area contributed by atoms with E-state index in [2.05, 4.69) is 17.2 Å². The van der Waals surface area contributed by atoms with Crippen LogP contribution in [0.4, 0.5) is 4.79 Å². The minimum atomic E-state index is -0.528. The summed E-state index contributed by atoms with van der Waals surface area (Å²) in [7, 11) is 0. The Hall–Kier alpha value is -1.63. The predicted octanol–water partition coefficient (Wildman–Crippen LogP) is 3.15. The fraction of sp³-hybridized carbons (Fsp3) is 0.722. The van der Waals surface area contributed by atoms with Crippen LogP contribution in [0.1, 0.15) is 51.2 Å². The Morgan fingerprint density at radius 3 is 2.76 bits per heavy atom. The van der Waals surface area contributed by atoms with E-state index in [1.165, 1.54) is 0 Å². The maximum Gasteiger partial charge on any atom is 0.407 e. The molecule has 2 rings (SSSR count). The van der Waals surface area contributed by atoms with Crippen LogP contribution in [0.5, 0.6) is 0 Å². The van der Waals surface area contributed by atoms with Gasteiger partial charge in [0.2, 0.25) is 5.91 Å². The van der Waals surface area contributed by atoms with E-state index < -0.39 is 11.7 Å². The Labute approximate surface area is 154 Å². The number of hydrogen-bond donors (Lipinski definition) is 1. The number of hydrogen-bond acceptors (Lipinski definition) is 5. The highest BCUT2D eigenvalue weighted by atomic mass is 32.1. The van der Waals surface area contributed by atoms with E-state index in [4.69, 9.17) is 4.74 Å². The van der Waals surface area contributed by atoms with Gasteiger partial charge >= 0.3 is 6.09 Å². The minimum Gasteiger partial charge on any atom is -0.444 e. The Morgan fingerprint density at radius 2 is 2.16 bits per heavy atom. The lowest BCUT2D eigenvalue weighted by Crippen LogP contribution is -2.53. The number of likely N-dealkylation sites (tertiary alicyclic amines) is 1. The molecule has 0 aromatic carbocycles. The van der Waals surface area contributed by atoms with Gasteiger partial charge in [0.15, 0.2) is 0 Å². The second kappa shape index (κ2) is 8.17. The molecule has 6 nitrogen and oxygen atoms in total. The van der Waals surface area contributed by atoms with Gasteiger partial charge in [-0.3, -0.25) is 4.79 Å². The molecule has 0 aliphatic carbocycles. The molecule has 2 heterocycles. The number of amides is 2. The van der Waals surface area contributed by atoms with Crippen molar-refractivity contribution in [1.29, 1.82) is 0 Å². The lowest BCUT2D eigenvalue weighted by Gasteiger charge is -2.40. The molecule has 1 aromatic rings. The number of piperidine rings is 1. The molecule has 1 saturated heterocycles. The zero-order valence-electron chi connectivity index (χ0n) is 15.8. The van der Waals surface area contributed by atoms with Gasteiger partial charge in [-0.2, -0.15) is 0 Å². The first-order valence-electron chi connectivity index (χ1n) is 8.83. The zero-order valence-corrected chi connectivity index (χ0v) is 16.6. The van der Waals surface area contributed by atoms with Gasteiger partial charge in [-0.25, -0.2) is 9.78 Å². The molecule has 0 bridgehead atoms. The summed E-state index contributed by atoms with van der Waals surface area (Å²) in [5, 5.41) is 5.73. The van der Waals surface area contributed by atoms with Crippen LogP contribution in [-0.4, -0.2) is 46.6 Å². The quantitative estimate of drug-likeness (QED) is 0.887. The standard InChI is InChI=1S/C18H29N3O3S/c1-12-7-6-8-21(16(22)9-14-11-25-13(2)20-14)15(12)10-19-17(23)24-18(3,4)5/h11-12,15H,6-10H2,1-5H3,(H,19,23). The molecule has 25 heavy (non-hydrogen) atoms. The van der Waals surface area contributed by atoms with Gasteiger partial charge in [-0.15, -0.1) is 11.3 Å². The summed E-state index contributed by atoms with van der Waals surface area (Å²) in [5.74, 6) is 0.414. The van der Waals surface area contributed by atoms with Crippen LogP contribution in [0, 0.1) is 12.8 Å². The molecule has 0 radical (unpaired) electrons. The molecule has 2 amide bonds. The van der Waals surface area contributed by atoms with Gasteiger partial charge in [0, 0.05) is 18.5 Å². The lowest BCUT2D eigenvalue weighted by atomic mass is 9.90. The molecular weight excluding hydrogens is 338 g/mol. The molecule has 2 unspecified atom stereocenters. The molecule has 0 saturated carbocycles. The summed E-state index contributed by atoms with van der Waals surface area (Å²) in [4.78, 5) is 31.0. The summed E-state index contributed by atoms with van der Waals surface area (Å²) in [5.41, 5.74) is 0.296. The number of nitrogens with one attached hydrogen (secondary N) is 1. The Morgan fingerprint density at radius 1 is 1.44 bits per heavy atom. The van der Waals surface area contributed by atoms with Crippen molar-refractivity contribution >= 4 is 23.3 Å². The normalized spacial score (nSPS) is 21.1. The molecule has 1 fully saturated rings. The molecule has 1 N–H and O–H groups in total. The number of carbonyl (C=O) groups is 2.